The van der Waals surface area contributed by atoms with Crippen molar-refractivity contribution in [1.82, 2.24) is 0 Å². The predicted molar refractivity (Wildman–Crippen MR) is 102 cm³/mol. The van der Waals surface area contributed by atoms with E-state index in [4.69, 9.17) is 18.9 Å². The zero-order valence-corrected chi connectivity index (χ0v) is 18.1. The SMILES string of the molecule is OC[C@H]1OC(O)([C@]2(CO)O[C@@H](O[C@H]3[C@H](O)C(O)C(O)O[C@@H]3CO)[C@H](O)[C@@H](O)[C@H]2O)[C@H](O)[C@@H](O)[C@@H]1O. The summed E-state index contributed by atoms with van der Waals surface area (Å²) in [5.41, 5.74) is -3.03. The van der Waals surface area contributed by atoms with Crippen LogP contribution in [-0.4, -0.2) is 177 Å². The topological polar surface area (TPSA) is 300 Å². The summed E-state index contributed by atoms with van der Waals surface area (Å²) in [6.45, 7) is -3.40. The van der Waals surface area contributed by atoms with Gasteiger partial charge in [0, 0.05) is 0 Å². The molecule has 0 saturated carbocycles. The number of rotatable bonds is 6. The molecule has 0 aromatic heterocycles. The Hall–Kier alpha value is -0.680. The number of hydrogen-bond acceptors (Lipinski definition) is 17. The lowest BCUT2D eigenvalue weighted by molar-refractivity contribution is -0.465. The molecule has 0 amide bonds. The molecule has 0 aromatic carbocycles. The van der Waals surface area contributed by atoms with Crippen molar-refractivity contribution in [1.29, 1.82) is 0 Å². The largest absolute Gasteiger partial charge is 0.394 e. The summed E-state index contributed by atoms with van der Waals surface area (Å²) in [7, 11) is 0. The Bertz CT molecular complexity index is 711. The van der Waals surface area contributed by atoms with Crippen LogP contribution in [0.2, 0.25) is 0 Å². The lowest BCUT2D eigenvalue weighted by Crippen LogP contribution is -2.82. The van der Waals surface area contributed by atoms with E-state index in [9.17, 15) is 66.4 Å². The van der Waals surface area contributed by atoms with Crippen molar-refractivity contribution in [2.45, 2.75) is 91.1 Å². The highest BCUT2D eigenvalue weighted by molar-refractivity contribution is 5.14. The lowest BCUT2D eigenvalue weighted by Gasteiger charge is -2.58. The van der Waals surface area contributed by atoms with E-state index in [1.807, 2.05) is 0 Å². The summed E-state index contributed by atoms with van der Waals surface area (Å²) in [4.78, 5) is 0. The molecule has 3 fully saturated rings. The van der Waals surface area contributed by atoms with Crippen LogP contribution >= 0.6 is 0 Å². The minimum Gasteiger partial charge on any atom is -0.394 e. The maximum absolute atomic E-state index is 11.2. The number of aliphatic hydroxyl groups is 13. The zero-order chi connectivity index (χ0) is 26.5. The fourth-order valence-corrected chi connectivity index (χ4v) is 4.51. The zero-order valence-electron chi connectivity index (χ0n) is 18.1. The van der Waals surface area contributed by atoms with Gasteiger partial charge >= 0.3 is 0 Å². The molecule has 0 bridgehead atoms. The monoisotopic (exact) mass is 520 g/mol. The minimum absolute atomic E-state index is 0.890. The Kier molecular flexibility index (Phi) is 8.74. The van der Waals surface area contributed by atoms with E-state index in [1.165, 1.54) is 0 Å². The molecule has 3 rings (SSSR count). The van der Waals surface area contributed by atoms with E-state index in [0.717, 1.165) is 0 Å². The van der Waals surface area contributed by atoms with Gasteiger partial charge in [-0.05, 0) is 0 Å². The fourth-order valence-electron chi connectivity index (χ4n) is 4.51. The second kappa shape index (κ2) is 10.6. The molecule has 13 N–H and O–H groups in total. The van der Waals surface area contributed by atoms with Crippen LogP contribution in [0.25, 0.3) is 0 Å². The Morgan fingerprint density at radius 3 is 1.74 bits per heavy atom. The molecule has 17 nitrogen and oxygen atoms in total. The van der Waals surface area contributed by atoms with Gasteiger partial charge in [0.15, 0.2) is 18.2 Å². The normalized spacial score (nSPS) is 55.6. The van der Waals surface area contributed by atoms with Crippen LogP contribution < -0.4 is 0 Å². The van der Waals surface area contributed by atoms with Crippen molar-refractivity contribution in [3.63, 3.8) is 0 Å². The molecule has 17 heteroatoms. The van der Waals surface area contributed by atoms with Gasteiger partial charge in [0.2, 0.25) is 5.79 Å². The van der Waals surface area contributed by atoms with E-state index in [2.05, 4.69) is 0 Å². The maximum Gasteiger partial charge on any atom is 0.230 e. The first-order chi connectivity index (χ1) is 16.3. The lowest BCUT2D eigenvalue weighted by atomic mass is 9.74. The molecule has 0 spiro atoms. The van der Waals surface area contributed by atoms with E-state index in [1.54, 1.807) is 0 Å². The summed E-state index contributed by atoms with van der Waals surface area (Å²) < 4.78 is 20.8. The highest BCUT2D eigenvalue weighted by atomic mass is 16.8. The van der Waals surface area contributed by atoms with Crippen molar-refractivity contribution in [2.75, 3.05) is 19.8 Å². The summed E-state index contributed by atoms with van der Waals surface area (Å²) in [5, 5.41) is 132. The van der Waals surface area contributed by atoms with E-state index < -0.39 is 111 Å². The fraction of sp³-hybridized carbons (Fsp3) is 1.00. The van der Waals surface area contributed by atoms with Crippen molar-refractivity contribution < 1.29 is 85.3 Å². The average Bonchev–Trinajstić information content (AvgIpc) is 2.85. The number of ether oxygens (including phenoxy) is 4. The molecular weight excluding hydrogens is 488 g/mol. The van der Waals surface area contributed by atoms with Crippen LogP contribution in [0.5, 0.6) is 0 Å². The molecule has 0 radical (unpaired) electrons. The molecule has 3 aliphatic heterocycles. The third-order valence-corrected chi connectivity index (χ3v) is 6.69. The third kappa shape index (κ3) is 4.49. The molecule has 0 aliphatic carbocycles. The molecule has 206 valence electrons. The van der Waals surface area contributed by atoms with Gasteiger partial charge in [0.05, 0.1) is 19.8 Å². The summed E-state index contributed by atoms with van der Waals surface area (Å²) in [6.07, 6.45) is -26.8. The second-order valence-electron chi connectivity index (χ2n) is 8.75. The molecule has 3 saturated heterocycles. The quantitative estimate of drug-likeness (QED) is 0.155. The van der Waals surface area contributed by atoms with Crippen molar-refractivity contribution in [2.24, 2.45) is 0 Å². The van der Waals surface area contributed by atoms with E-state index >= 15 is 0 Å². The van der Waals surface area contributed by atoms with Gasteiger partial charge < -0.3 is 85.3 Å². The molecule has 35 heavy (non-hydrogen) atoms. The van der Waals surface area contributed by atoms with Crippen molar-refractivity contribution in [3.8, 4) is 0 Å². The van der Waals surface area contributed by atoms with Gasteiger partial charge in [-0.3, -0.25) is 0 Å². The smallest absolute Gasteiger partial charge is 0.230 e. The Morgan fingerprint density at radius 1 is 0.629 bits per heavy atom. The van der Waals surface area contributed by atoms with Gasteiger partial charge in [0.1, 0.15) is 67.1 Å². The second-order valence-corrected chi connectivity index (χ2v) is 8.75. The maximum atomic E-state index is 11.2. The molecule has 3 heterocycles. The number of aliphatic hydroxyl groups excluding tert-OH is 12. The van der Waals surface area contributed by atoms with E-state index in [-0.39, 0.29) is 0 Å². The van der Waals surface area contributed by atoms with Gasteiger partial charge in [-0.25, -0.2) is 0 Å². The molecule has 0 aromatic rings. The van der Waals surface area contributed by atoms with Crippen LogP contribution in [0.4, 0.5) is 0 Å². The minimum atomic E-state index is -3.36. The van der Waals surface area contributed by atoms with Crippen LogP contribution in [0.1, 0.15) is 0 Å². The Labute approximate surface area is 197 Å². The molecule has 3 unspecified atom stereocenters. The summed E-state index contributed by atoms with van der Waals surface area (Å²) >= 11 is 0. The third-order valence-electron chi connectivity index (χ3n) is 6.69. The molecular formula is C18H32O17. The van der Waals surface area contributed by atoms with Gasteiger partial charge in [0.25, 0.3) is 0 Å². The highest BCUT2D eigenvalue weighted by Crippen LogP contribution is 2.45. The Balaban J connectivity index is 1.99. The Morgan fingerprint density at radius 2 is 1.20 bits per heavy atom. The standard InChI is InChI=1S/C18H32O17/c19-1-4-6(22)8(24)14(29)18(31,34-4)17(3-21)13(28)9(25)11(27)16(35-17)33-12-5(2-20)32-15(30)10(26)7(12)23/h4-16,19-31H,1-3H2/t4-,5-,6-,7-,8+,9-,10?,11-,12-,13-,14-,15?,16-,17-,18?/m1/s1. The highest BCUT2D eigenvalue weighted by Gasteiger charge is 2.71. The van der Waals surface area contributed by atoms with Gasteiger partial charge in [-0.2, -0.15) is 0 Å². The van der Waals surface area contributed by atoms with Crippen molar-refractivity contribution in [3.05, 3.63) is 0 Å². The van der Waals surface area contributed by atoms with Gasteiger partial charge in [-0.1, -0.05) is 0 Å². The van der Waals surface area contributed by atoms with Crippen molar-refractivity contribution >= 4 is 0 Å². The summed E-state index contributed by atoms with van der Waals surface area (Å²) in [6, 6.07) is 0. The first kappa shape index (κ1) is 28.9. The molecule has 15 atom stereocenters. The van der Waals surface area contributed by atoms with Crippen LogP contribution in [0.3, 0.4) is 0 Å². The van der Waals surface area contributed by atoms with Crippen LogP contribution in [-0.2, 0) is 18.9 Å². The van der Waals surface area contributed by atoms with Gasteiger partial charge in [-0.15, -0.1) is 0 Å². The van der Waals surface area contributed by atoms with Crippen LogP contribution in [0.15, 0.2) is 0 Å². The summed E-state index contributed by atoms with van der Waals surface area (Å²) in [5.74, 6) is -3.36. The number of hydrogen-bond donors (Lipinski definition) is 13. The molecule has 3 aliphatic rings. The first-order valence-corrected chi connectivity index (χ1v) is 10.6. The van der Waals surface area contributed by atoms with Crippen LogP contribution in [0, 0.1) is 0 Å². The predicted octanol–water partition coefficient (Wildman–Crippen LogP) is -8.86. The average molecular weight is 520 g/mol. The first-order valence-electron chi connectivity index (χ1n) is 10.6. The van der Waals surface area contributed by atoms with E-state index in [0.29, 0.717) is 0 Å².